The standard InChI is InChI=1S/C14H20O4/c1-10(2)18-12-5-3-4-11(8-12)13(15)9-14-16-6-7-17-14/h3-5,8,10,13-15H,6-7,9H2,1-2H3. The highest BCUT2D eigenvalue weighted by Gasteiger charge is 2.21. The van der Waals surface area contributed by atoms with E-state index >= 15 is 0 Å². The fraction of sp³-hybridized carbons (Fsp3) is 0.571. The van der Waals surface area contributed by atoms with E-state index < -0.39 is 6.10 Å². The summed E-state index contributed by atoms with van der Waals surface area (Å²) in [4.78, 5) is 0. The highest BCUT2D eigenvalue weighted by molar-refractivity contribution is 5.30. The summed E-state index contributed by atoms with van der Waals surface area (Å²) in [6.07, 6.45) is -0.317. The Labute approximate surface area is 107 Å². The van der Waals surface area contributed by atoms with Crippen LogP contribution >= 0.6 is 0 Å². The number of hydrogen-bond acceptors (Lipinski definition) is 4. The maximum absolute atomic E-state index is 10.1. The topological polar surface area (TPSA) is 47.9 Å². The molecule has 1 saturated heterocycles. The van der Waals surface area contributed by atoms with Crippen LogP contribution in [0, 0.1) is 0 Å². The van der Waals surface area contributed by atoms with Crippen molar-refractivity contribution in [1.29, 1.82) is 0 Å². The van der Waals surface area contributed by atoms with Crippen LogP contribution < -0.4 is 4.74 Å². The van der Waals surface area contributed by atoms with Crippen molar-refractivity contribution >= 4 is 0 Å². The van der Waals surface area contributed by atoms with E-state index in [0.29, 0.717) is 19.6 Å². The van der Waals surface area contributed by atoms with Crippen molar-refractivity contribution in [3.8, 4) is 5.75 Å². The number of rotatable bonds is 5. The van der Waals surface area contributed by atoms with Crippen molar-refractivity contribution in [3.05, 3.63) is 29.8 Å². The molecule has 1 unspecified atom stereocenters. The quantitative estimate of drug-likeness (QED) is 0.873. The maximum Gasteiger partial charge on any atom is 0.160 e. The van der Waals surface area contributed by atoms with Gasteiger partial charge >= 0.3 is 0 Å². The molecule has 0 aliphatic carbocycles. The minimum Gasteiger partial charge on any atom is -0.491 e. The molecule has 1 heterocycles. The number of hydrogen-bond donors (Lipinski definition) is 1. The molecule has 0 aromatic heterocycles. The van der Waals surface area contributed by atoms with Gasteiger partial charge in [-0.1, -0.05) is 12.1 Å². The van der Waals surface area contributed by atoms with Crippen molar-refractivity contribution in [1.82, 2.24) is 0 Å². The van der Waals surface area contributed by atoms with Gasteiger partial charge in [-0.15, -0.1) is 0 Å². The number of aliphatic hydroxyl groups excluding tert-OH is 1. The Morgan fingerprint density at radius 2 is 2.06 bits per heavy atom. The lowest BCUT2D eigenvalue weighted by atomic mass is 10.1. The Balaban J connectivity index is 1.98. The Hall–Kier alpha value is -1.10. The number of aliphatic hydroxyl groups is 1. The molecule has 4 heteroatoms. The van der Waals surface area contributed by atoms with Crippen molar-refractivity contribution in [2.24, 2.45) is 0 Å². The molecule has 1 aliphatic heterocycles. The van der Waals surface area contributed by atoms with E-state index in [1.54, 1.807) is 0 Å². The SMILES string of the molecule is CC(C)Oc1cccc(C(O)CC2OCCO2)c1. The van der Waals surface area contributed by atoms with Crippen LogP contribution in [0.4, 0.5) is 0 Å². The second-order valence-electron chi connectivity index (χ2n) is 4.66. The van der Waals surface area contributed by atoms with Gasteiger partial charge in [-0.25, -0.2) is 0 Å². The Bertz CT molecular complexity index is 372. The molecule has 1 aromatic carbocycles. The first-order valence-corrected chi connectivity index (χ1v) is 6.33. The third kappa shape index (κ3) is 3.70. The highest BCUT2D eigenvalue weighted by Crippen LogP contribution is 2.25. The average Bonchev–Trinajstić information content (AvgIpc) is 2.81. The summed E-state index contributed by atoms with van der Waals surface area (Å²) in [5.74, 6) is 0.773. The summed E-state index contributed by atoms with van der Waals surface area (Å²) in [5.41, 5.74) is 0.826. The van der Waals surface area contributed by atoms with E-state index in [1.165, 1.54) is 0 Å². The zero-order chi connectivity index (χ0) is 13.0. The zero-order valence-electron chi connectivity index (χ0n) is 10.8. The third-order valence-electron chi connectivity index (χ3n) is 2.72. The van der Waals surface area contributed by atoms with E-state index in [2.05, 4.69) is 0 Å². The molecule has 2 rings (SSSR count). The van der Waals surface area contributed by atoms with Crippen LogP contribution in [-0.2, 0) is 9.47 Å². The van der Waals surface area contributed by atoms with Crippen molar-refractivity contribution in [2.45, 2.75) is 38.8 Å². The van der Waals surface area contributed by atoms with Gasteiger partial charge in [0.05, 0.1) is 25.4 Å². The molecular formula is C14H20O4. The first-order chi connectivity index (χ1) is 8.65. The number of benzene rings is 1. The fourth-order valence-electron chi connectivity index (χ4n) is 1.93. The first kappa shape index (κ1) is 13.3. The summed E-state index contributed by atoms with van der Waals surface area (Å²) in [6.45, 7) is 5.16. The lowest BCUT2D eigenvalue weighted by Crippen LogP contribution is -2.13. The van der Waals surface area contributed by atoms with Crippen molar-refractivity contribution in [3.63, 3.8) is 0 Å². The lowest BCUT2D eigenvalue weighted by molar-refractivity contribution is -0.0708. The van der Waals surface area contributed by atoms with E-state index in [1.807, 2.05) is 38.1 Å². The first-order valence-electron chi connectivity index (χ1n) is 6.33. The molecule has 1 atom stereocenters. The molecule has 0 radical (unpaired) electrons. The van der Waals surface area contributed by atoms with Crippen LogP contribution in [0.25, 0.3) is 0 Å². The molecule has 100 valence electrons. The van der Waals surface area contributed by atoms with Gasteiger partial charge in [-0.3, -0.25) is 0 Å². The maximum atomic E-state index is 10.1. The molecule has 0 spiro atoms. The van der Waals surface area contributed by atoms with Gasteiger partial charge < -0.3 is 19.3 Å². The molecular weight excluding hydrogens is 232 g/mol. The van der Waals surface area contributed by atoms with E-state index in [4.69, 9.17) is 14.2 Å². The average molecular weight is 252 g/mol. The largest absolute Gasteiger partial charge is 0.491 e. The fourth-order valence-corrected chi connectivity index (χ4v) is 1.93. The van der Waals surface area contributed by atoms with Gasteiger partial charge in [-0.2, -0.15) is 0 Å². The van der Waals surface area contributed by atoms with Crippen LogP contribution in [0.1, 0.15) is 31.9 Å². The minimum atomic E-state index is -0.594. The third-order valence-corrected chi connectivity index (χ3v) is 2.72. The lowest BCUT2D eigenvalue weighted by Gasteiger charge is -2.16. The van der Waals surface area contributed by atoms with Gasteiger partial charge in [0.15, 0.2) is 6.29 Å². The molecule has 1 N–H and O–H groups in total. The van der Waals surface area contributed by atoms with Gasteiger partial charge in [0.25, 0.3) is 0 Å². The normalized spacial score (nSPS) is 18.2. The number of ether oxygens (including phenoxy) is 3. The second-order valence-corrected chi connectivity index (χ2v) is 4.66. The monoisotopic (exact) mass is 252 g/mol. The van der Waals surface area contributed by atoms with E-state index in [0.717, 1.165) is 11.3 Å². The summed E-state index contributed by atoms with van der Waals surface area (Å²) in [7, 11) is 0. The smallest absolute Gasteiger partial charge is 0.160 e. The second kappa shape index (κ2) is 6.18. The minimum absolute atomic E-state index is 0.124. The molecule has 1 aliphatic rings. The zero-order valence-corrected chi connectivity index (χ0v) is 10.8. The predicted molar refractivity (Wildman–Crippen MR) is 67.5 cm³/mol. The Morgan fingerprint density at radius 1 is 1.33 bits per heavy atom. The summed E-state index contributed by atoms with van der Waals surface area (Å²) in [5, 5.41) is 10.1. The Morgan fingerprint density at radius 3 is 2.72 bits per heavy atom. The highest BCUT2D eigenvalue weighted by atomic mass is 16.7. The van der Waals surface area contributed by atoms with E-state index in [9.17, 15) is 5.11 Å². The predicted octanol–water partition coefficient (Wildman–Crippen LogP) is 2.27. The van der Waals surface area contributed by atoms with Gasteiger partial charge in [0, 0.05) is 6.42 Å². The van der Waals surface area contributed by atoms with E-state index in [-0.39, 0.29) is 12.4 Å². The van der Waals surface area contributed by atoms with Crippen LogP contribution in [0.5, 0.6) is 5.75 Å². The summed E-state index contributed by atoms with van der Waals surface area (Å²) >= 11 is 0. The molecule has 1 aromatic rings. The molecule has 18 heavy (non-hydrogen) atoms. The van der Waals surface area contributed by atoms with Crippen molar-refractivity contribution < 1.29 is 19.3 Å². The van der Waals surface area contributed by atoms with Gasteiger partial charge in [0.1, 0.15) is 5.75 Å². The molecule has 0 amide bonds. The van der Waals surface area contributed by atoms with Crippen LogP contribution in [0.3, 0.4) is 0 Å². The summed E-state index contributed by atoms with van der Waals surface area (Å²) in [6, 6.07) is 7.51. The summed E-state index contributed by atoms with van der Waals surface area (Å²) < 4.78 is 16.3. The molecule has 1 fully saturated rings. The van der Waals surface area contributed by atoms with Crippen molar-refractivity contribution in [2.75, 3.05) is 13.2 Å². The van der Waals surface area contributed by atoms with Gasteiger partial charge in [-0.05, 0) is 31.5 Å². The van der Waals surface area contributed by atoms with Gasteiger partial charge in [0.2, 0.25) is 0 Å². The van der Waals surface area contributed by atoms with Crippen LogP contribution in [0.2, 0.25) is 0 Å². The molecule has 0 saturated carbocycles. The Kier molecular flexibility index (Phi) is 4.58. The molecule has 4 nitrogen and oxygen atoms in total. The van der Waals surface area contributed by atoms with Crippen LogP contribution in [0.15, 0.2) is 24.3 Å². The van der Waals surface area contributed by atoms with Crippen LogP contribution in [-0.4, -0.2) is 30.7 Å². The molecule has 0 bridgehead atoms.